The summed E-state index contributed by atoms with van der Waals surface area (Å²) in [4.78, 5) is 11.4. The van der Waals surface area contributed by atoms with E-state index in [1.165, 1.54) is 6.07 Å². The molecule has 0 saturated carbocycles. The summed E-state index contributed by atoms with van der Waals surface area (Å²) < 4.78 is 38.4. The average molecular weight is 344 g/mol. The van der Waals surface area contributed by atoms with E-state index in [0.717, 1.165) is 24.0 Å². The SMILES string of the molecule is Cc1nc[nH]c1[C@H](C)C1CCc2cc(C(F)(F)F)cnc2C1Cl. The van der Waals surface area contributed by atoms with Crippen LogP contribution in [0.15, 0.2) is 18.6 Å². The zero-order valence-corrected chi connectivity index (χ0v) is 13.5. The van der Waals surface area contributed by atoms with Gasteiger partial charge in [-0.3, -0.25) is 4.98 Å². The molecule has 1 aliphatic rings. The Bertz CT molecular complexity index is 711. The number of imidazole rings is 1. The van der Waals surface area contributed by atoms with E-state index in [2.05, 4.69) is 21.9 Å². The number of alkyl halides is 4. The normalized spacial score (nSPS) is 22.7. The number of pyridine rings is 1. The van der Waals surface area contributed by atoms with Crippen LogP contribution in [-0.2, 0) is 12.6 Å². The molecule has 0 bridgehead atoms. The number of aryl methyl sites for hydroxylation is 2. The molecule has 0 spiro atoms. The maximum absolute atomic E-state index is 12.8. The molecule has 124 valence electrons. The summed E-state index contributed by atoms with van der Waals surface area (Å²) in [6.07, 6.45) is -0.569. The highest BCUT2D eigenvalue weighted by atomic mass is 35.5. The Hall–Kier alpha value is -1.56. The van der Waals surface area contributed by atoms with Crippen LogP contribution in [-0.4, -0.2) is 15.0 Å². The first-order chi connectivity index (χ1) is 10.8. The third kappa shape index (κ3) is 2.96. The Labute approximate surface area is 137 Å². The molecule has 1 N–H and O–H groups in total. The third-order valence-corrected chi connectivity index (χ3v) is 5.21. The van der Waals surface area contributed by atoms with Crippen molar-refractivity contribution in [3.63, 3.8) is 0 Å². The lowest BCUT2D eigenvalue weighted by Crippen LogP contribution is -2.24. The zero-order valence-electron chi connectivity index (χ0n) is 12.8. The van der Waals surface area contributed by atoms with Crippen molar-refractivity contribution in [2.45, 2.75) is 44.2 Å². The monoisotopic (exact) mass is 343 g/mol. The molecule has 0 amide bonds. The van der Waals surface area contributed by atoms with E-state index in [4.69, 9.17) is 11.6 Å². The zero-order chi connectivity index (χ0) is 16.8. The largest absolute Gasteiger partial charge is 0.417 e. The molecule has 0 saturated heterocycles. The van der Waals surface area contributed by atoms with Crippen LogP contribution < -0.4 is 0 Å². The van der Waals surface area contributed by atoms with Crippen LogP contribution in [0, 0.1) is 12.8 Å². The average Bonchev–Trinajstić information content (AvgIpc) is 2.92. The quantitative estimate of drug-likeness (QED) is 0.797. The smallest absolute Gasteiger partial charge is 0.348 e. The van der Waals surface area contributed by atoms with Gasteiger partial charge >= 0.3 is 6.18 Å². The fourth-order valence-electron chi connectivity index (χ4n) is 3.35. The molecule has 0 fully saturated rings. The number of aromatic nitrogens is 3. The van der Waals surface area contributed by atoms with E-state index in [-0.39, 0.29) is 11.8 Å². The number of fused-ring (bicyclic) bond motifs is 1. The Kier molecular flexibility index (Phi) is 4.12. The van der Waals surface area contributed by atoms with Crippen LogP contribution in [0.4, 0.5) is 13.2 Å². The minimum absolute atomic E-state index is 0.104. The van der Waals surface area contributed by atoms with Gasteiger partial charge in [-0.2, -0.15) is 13.2 Å². The molecular weight excluding hydrogens is 327 g/mol. The van der Waals surface area contributed by atoms with Gasteiger partial charge in [0.1, 0.15) is 0 Å². The van der Waals surface area contributed by atoms with Crippen molar-refractivity contribution in [3.05, 3.63) is 46.8 Å². The van der Waals surface area contributed by atoms with E-state index < -0.39 is 17.1 Å². The number of rotatable bonds is 2. The van der Waals surface area contributed by atoms with E-state index in [9.17, 15) is 13.2 Å². The number of nitrogens with one attached hydrogen (secondary N) is 1. The predicted molar refractivity (Wildman–Crippen MR) is 81.4 cm³/mol. The minimum atomic E-state index is -4.37. The van der Waals surface area contributed by atoms with Gasteiger partial charge in [-0.25, -0.2) is 4.98 Å². The van der Waals surface area contributed by atoms with Gasteiger partial charge in [0.25, 0.3) is 0 Å². The molecular formula is C16H17ClF3N3. The number of nitrogens with zero attached hydrogens (tertiary/aromatic N) is 2. The molecule has 1 aliphatic carbocycles. The molecule has 2 aromatic heterocycles. The highest BCUT2D eigenvalue weighted by Gasteiger charge is 2.37. The summed E-state index contributed by atoms with van der Waals surface area (Å²) >= 11 is 6.57. The van der Waals surface area contributed by atoms with Crippen LogP contribution in [0.2, 0.25) is 0 Å². The molecule has 0 radical (unpaired) electrons. The topological polar surface area (TPSA) is 41.6 Å². The Morgan fingerprint density at radius 2 is 2.09 bits per heavy atom. The summed E-state index contributed by atoms with van der Waals surface area (Å²) in [5.74, 6) is 0.241. The van der Waals surface area contributed by atoms with Crippen molar-refractivity contribution in [1.29, 1.82) is 0 Å². The number of H-pyrrole nitrogens is 1. The first-order valence-corrected chi connectivity index (χ1v) is 7.92. The van der Waals surface area contributed by atoms with Gasteiger partial charge in [0.15, 0.2) is 0 Å². The molecule has 3 nitrogen and oxygen atoms in total. The fraction of sp³-hybridized carbons (Fsp3) is 0.500. The highest BCUT2D eigenvalue weighted by Crippen LogP contribution is 2.46. The molecule has 7 heteroatoms. The van der Waals surface area contributed by atoms with Gasteiger partial charge in [-0.1, -0.05) is 6.92 Å². The molecule has 2 heterocycles. The van der Waals surface area contributed by atoms with Crippen molar-refractivity contribution in [1.82, 2.24) is 15.0 Å². The Morgan fingerprint density at radius 3 is 2.70 bits per heavy atom. The molecule has 2 aromatic rings. The second-order valence-corrected chi connectivity index (χ2v) is 6.53. The van der Waals surface area contributed by atoms with Crippen LogP contribution in [0.1, 0.15) is 52.8 Å². The predicted octanol–water partition coefficient (Wildman–Crippen LogP) is 4.78. The molecule has 2 unspecified atom stereocenters. The van der Waals surface area contributed by atoms with Gasteiger partial charge < -0.3 is 4.98 Å². The van der Waals surface area contributed by atoms with E-state index in [1.807, 2.05) is 6.92 Å². The first-order valence-electron chi connectivity index (χ1n) is 7.49. The van der Waals surface area contributed by atoms with Crippen LogP contribution in [0.5, 0.6) is 0 Å². The standard InChI is InChI=1S/C16H17ClF3N3/c1-8(14-9(2)22-7-23-14)12-4-3-10-5-11(16(18,19)20)6-21-15(10)13(12)17/h5-8,12-13H,3-4H2,1-2H3,(H,22,23)/t8-,12?,13?/m1/s1. The number of hydrogen-bond acceptors (Lipinski definition) is 2. The van der Waals surface area contributed by atoms with Crippen LogP contribution >= 0.6 is 11.6 Å². The molecule has 3 atom stereocenters. The van der Waals surface area contributed by atoms with Gasteiger partial charge in [0.05, 0.1) is 28.7 Å². The minimum Gasteiger partial charge on any atom is -0.348 e. The second kappa shape index (κ2) is 5.82. The summed E-state index contributed by atoms with van der Waals surface area (Å²) in [6.45, 7) is 3.99. The van der Waals surface area contributed by atoms with Crippen molar-refractivity contribution >= 4 is 11.6 Å². The van der Waals surface area contributed by atoms with Crippen molar-refractivity contribution in [2.75, 3.05) is 0 Å². The lowest BCUT2D eigenvalue weighted by Gasteiger charge is -2.33. The van der Waals surface area contributed by atoms with Crippen LogP contribution in [0.25, 0.3) is 0 Å². The van der Waals surface area contributed by atoms with E-state index in [0.29, 0.717) is 17.7 Å². The van der Waals surface area contributed by atoms with Gasteiger partial charge in [-0.05, 0) is 37.3 Å². The van der Waals surface area contributed by atoms with Gasteiger partial charge in [0.2, 0.25) is 0 Å². The fourth-order valence-corrected chi connectivity index (χ4v) is 3.89. The van der Waals surface area contributed by atoms with E-state index >= 15 is 0 Å². The van der Waals surface area contributed by atoms with Crippen molar-refractivity contribution in [3.8, 4) is 0 Å². The number of halogens is 4. The molecule has 23 heavy (non-hydrogen) atoms. The molecule has 3 rings (SSSR count). The van der Waals surface area contributed by atoms with Crippen molar-refractivity contribution in [2.24, 2.45) is 5.92 Å². The lowest BCUT2D eigenvalue weighted by molar-refractivity contribution is -0.137. The van der Waals surface area contributed by atoms with Gasteiger partial charge in [-0.15, -0.1) is 11.6 Å². The maximum atomic E-state index is 12.8. The summed E-state index contributed by atoms with van der Waals surface area (Å²) in [6, 6.07) is 1.18. The summed E-state index contributed by atoms with van der Waals surface area (Å²) in [7, 11) is 0. The summed E-state index contributed by atoms with van der Waals surface area (Å²) in [5, 5.41) is -0.404. The Morgan fingerprint density at radius 1 is 1.35 bits per heavy atom. The third-order valence-electron chi connectivity index (χ3n) is 4.68. The lowest BCUT2D eigenvalue weighted by atomic mass is 9.77. The number of hydrogen-bond donors (Lipinski definition) is 1. The maximum Gasteiger partial charge on any atom is 0.417 e. The Balaban J connectivity index is 1.89. The number of aromatic amines is 1. The second-order valence-electron chi connectivity index (χ2n) is 6.06. The molecule has 0 aliphatic heterocycles. The van der Waals surface area contributed by atoms with Gasteiger partial charge in [0, 0.05) is 17.8 Å². The highest BCUT2D eigenvalue weighted by molar-refractivity contribution is 6.21. The van der Waals surface area contributed by atoms with E-state index in [1.54, 1.807) is 6.33 Å². The van der Waals surface area contributed by atoms with Crippen LogP contribution in [0.3, 0.4) is 0 Å². The van der Waals surface area contributed by atoms with Crippen molar-refractivity contribution < 1.29 is 13.2 Å². The summed E-state index contributed by atoms with van der Waals surface area (Å²) in [5.41, 5.74) is 2.41. The molecule has 0 aromatic carbocycles. The first kappa shape index (κ1) is 16.3.